The number of aromatic nitrogens is 2. The van der Waals surface area contributed by atoms with Gasteiger partial charge < -0.3 is 24.5 Å². The summed E-state index contributed by atoms with van der Waals surface area (Å²) in [5.41, 5.74) is -1.65. The van der Waals surface area contributed by atoms with E-state index in [4.69, 9.17) is 9.84 Å². The van der Waals surface area contributed by atoms with Gasteiger partial charge in [0.15, 0.2) is 0 Å². The second-order valence-corrected chi connectivity index (χ2v) is 11.1. The highest BCUT2D eigenvalue weighted by atomic mass is 19.4. The minimum Gasteiger partial charge on any atom is -0.481 e. The van der Waals surface area contributed by atoms with E-state index in [0.717, 1.165) is 18.2 Å². The lowest BCUT2D eigenvalue weighted by atomic mass is 9.85. The number of alkyl halides is 6. The van der Waals surface area contributed by atoms with Crippen molar-refractivity contribution in [3.05, 3.63) is 47.5 Å². The molecule has 1 aliphatic rings. The topological polar surface area (TPSA) is 85.6 Å². The van der Waals surface area contributed by atoms with E-state index in [-0.39, 0.29) is 35.0 Å². The van der Waals surface area contributed by atoms with Crippen LogP contribution in [0, 0.1) is 0 Å². The molecule has 2 aromatic carbocycles. The van der Waals surface area contributed by atoms with Crippen molar-refractivity contribution in [2.24, 2.45) is 0 Å². The van der Waals surface area contributed by atoms with E-state index in [2.05, 4.69) is 15.0 Å². The summed E-state index contributed by atoms with van der Waals surface area (Å²) in [7, 11) is 0. The molecular formula is C27H29F6N3O4. The van der Waals surface area contributed by atoms with Gasteiger partial charge in [0.2, 0.25) is 5.95 Å². The molecular weight excluding hydrogens is 544 g/mol. The average molecular weight is 574 g/mol. The second-order valence-electron chi connectivity index (χ2n) is 11.1. The van der Waals surface area contributed by atoms with Crippen LogP contribution in [0.5, 0.6) is 5.75 Å². The minimum absolute atomic E-state index is 0.182. The summed E-state index contributed by atoms with van der Waals surface area (Å²) in [6.07, 6.45) is -9.55. The number of halogens is 6. The molecule has 13 heteroatoms. The Hall–Kier alpha value is -3.48. The van der Waals surface area contributed by atoms with Gasteiger partial charge in [-0.25, -0.2) is 4.98 Å². The number of nitrogens with zero attached hydrogens (tertiary/aromatic N) is 2. The zero-order valence-corrected chi connectivity index (χ0v) is 22.2. The molecule has 4 rings (SSSR count). The number of nitrogens with one attached hydrogen (secondary N) is 1. The Bertz CT molecular complexity index is 1380. The molecule has 0 amide bonds. The molecule has 0 saturated carbocycles. The van der Waals surface area contributed by atoms with Gasteiger partial charge in [0, 0.05) is 18.2 Å². The predicted octanol–water partition coefficient (Wildman–Crippen LogP) is 7.62. The predicted molar refractivity (Wildman–Crippen MR) is 135 cm³/mol. The van der Waals surface area contributed by atoms with Crippen LogP contribution in [0.2, 0.25) is 0 Å². The lowest BCUT2D eigenvalue weighted by Gasteiger charge is -2.46. The highest BCUT2D eigenvalue weighted by Crippen LogP contribution is 2.45. The van der Waals surface area contributed by atoms with Crippen LogP contribution in [0.4, 0.5) is 38.0 Å². The van der Waals surface area contributed by atoms with Crippen LogP contribution in [0.25, 0.3) is 11.0 Å². The van der Waals surface area contributed by atoms with E-state index < -0.39 is 47.4 Å². The van der Waals surface area contributed by atoms with Crippen molar-refractivity contribution in [3.63, 3.8) is 0 Å². The molecule has 1 aliphatic heterocycles. The molecule has 0 bridgehead atoms. The van der Waals surface area contributed by atoms with Gasteiger partial charge in [-0.2, -0.15) is 13.2 Å². The van der Waals surface area contributed by atoms with Gasteiger partial charge in [0.05, 0.1) is 27.8 Å². The first-order valence-electron chi connectivity index (χ1n) is 12.5. The van der Waals surface area contributed by atoms with Gasteiger partial charge in [-0.1, -0.05) is 0 Å². The van der Waals surface area contributed by atoms with Gasteiger partial charge in [-0.15, -0.1) is 13.2 Å². The smallest absolute Gasteiger partial charge is 0.481 e. The highest BCUT2D eigenvalue weighted by molar-refractivity contribution is 5.82. The van der Waals surface area contributed by atoms with Crippen molar-refractivity contribution >= 4 is 28.6 Å². The maximum absolute atomic E-state index is 14.1. The molecule has 0 unspecified atom stereocenters. The summed E-state index contributed by atoms with van der Waals surface area (Å²) in [5.74, 6) is -1.48. The fourth-order valence-electron chi connectivity index (χ4n) is 5.44. The Kier molecular flexibility index (Phi) is 7.50. The maximum Gasteiger partial charge on any atom is 0.573 e. The number of anilines is 2. The highest BCUT2D eigenvalue weighted by Gasteiger charge is 2.42. The number of carboxylic acids is 1. The largest absolute Gasteiger partial charge is 0.573 e. The van der Waals surface area contributed by atoms with Crippen molar-refractivity contribution in [2.45, 2.75) is 83.2 Å². The lowest BCUT2D eigenvalue weighted by molar-refractivity contribution is -0.274. The van der Waals surface area contributed by atoms with Gasteiger partial charge in [0.1, 0.15) is 5.75 Å². The van der Waals surface area contributed by atoms with Gasteiger partial charge >= 0.3 is 18.5 Å². The number of ether oxygens (including phenoxy) is 2. The van der Waals surface area contributed by atoms with Crippen molar-refractivity contribution in [1.82, 2.24) is 9.55 Å². The van der Waals surface area contributed by atoms with Crippen LogP contribution < -0.4 is 10.1 Å². The molecule has 2 N–H and O–H groups in total. The molecule has 40 heavy (non-hydrogen) atoms. The fourth-order valence-corrected chi connectivity index (χ4v) is 5.44. The SMILES string of the molecule is CC1(C)CC(n2c(Nc3ccc(OC(F)(F)F)cc3)nc3cc(CCC(=O)O)c(C(F)(F)F)cc32)CC(C)(C)O1. The molecule has 1 aromatic heterocycles. The zero-order valence-electron chi connectivity index (χ0n) is 22.2. The number of hydrogen-bond donors (Lipinski definition) is 2. The van der Waals surface area contributed by atoms with E-state index in [0.29, 0.717) is 18.5 Å². The van der Waals surface area contributed by atoms with Crippen molar-refractivity contribution in [1.29, 1.82) is 0 Å². The van der Waals surface area contributed by atoms with E-state index in [1.54, 1.807) is 4.57 Å². The lowest BCUT2D eigenvalue weighted by Crippen LogP contribution is -2.45. The molecule has 0 spiro atoms. The number of carbonyl (C=O) groups is 1. The van der Waals surface area contributed by atoms with Crippen molar-refractivity contribution < 1.29 is 45.7 Å². The number of fused-ring (bicyclic) bond motifs is 1. The monoisotopic (exact) mass is 573 g/mol. The molecule has 1 fully saturated rings. The normalized spacial score (nSPS) is 17.6. The summed E-state index contributed by atoms with van der Waals surface area (Å²) in [6, 6.07) is 6.76. The standard InChI is InChI=1S/C27H29F6N3O4/c1-24(2)13-17(14-25(3,4)40-24)36-21-12-19(26(28,29)30)15(5-10-22(37)38)11-20(21)35-23(36)34-16-6-8-18(9-7-16)39-27(31,32)33/h6-9,11-12,17H,5,10,13-14H2,1-4H3,(H,34,35)(H,37,38). The Balaban J connectivity index is 1.85. The average Bonchev–Trinajstić information content (AvgIpc) is 3.11. The third-order valence-electron chi connectivity index (χ3n) is 6.54. The van der Waals surface area contributed by atoms with E-state index in [9.17, 15) is 31.1 Å². The molecule has 2 heterocycles. The Morgan fingerprint density at radius 3 is 2.20 bits per heavy atom. The molecule has 3 aromatic rings. The van der Waals surface area contributed by atoms with Crippen LogP contribution in [0.3, 0.4) is 0 Å². The first kappa shape index (κ1) is 29.5. The summed E-state index contributed by atoms with van der Waals surface area (Å²) in [5, 5.41) is 12.1. The number of aryl methyl sites for hydroxylation is 1. The third kappa shape index (κ3) is 6.98. The van der Waals surface area contributed by atoms with Gasteiger partial charge in [-0.05, 0) is 88.9 Å². The van der Waals surface area contributed by atoms with Crippen molar-refractivity contribution in [2.75, 3.05) is 5.32 Å². The number of aliphatic carboxylic acids is 1. The van der Waals surface area contributed by atoms with Crippen LogP contribution in [-0.2, 0) is 22.1 Å². The third-order valence-corrected chi connectivity index (χ3v) is 6.54. The summed E-state index contributed by atoms with van der Waals surface area (Å²) in [6.45, 7) is 7.55. The van der Waals surface area contributed by atoms with Crippen LogP contribution >= 0.6 is 0 Å². The number of imidazole rings is 1. The Morgan fingerprint density at radius 1 is 1.07 bits per heavy atom. The molecule has 0 aliphatic carbocycles. The van der Waals surface area contributed by atoms with Crippen LogP contribution in [-0.4, -0.2) is 38.2 Å². The molecule has 1 saturated heterocycles. The maximum atomic E-state index is 14.1. The van der Waals surface area contributed by atoms with E-state index >= 15 is 0 Å². The Labute approximate surface area is 226 Å². The van der Waals surface area contributed by atoms with Gasteiger partial charge in [-0.3, -0.25) is 4.79 Å². The van der Waals surface area contributed by atoms with Gasteiger partial charge in [0.25, 0.3) is 0 Å². The number of benzene rings is 2. The first-order valence-corrected chi connectivity index (χ1v) is 12.5. The minimum atomic E-state index is -4.86. The number of carboxylic acid groups (broad SMARTS) is 1. The molecule has 0 atom stereocenters. The number of rotatable bonds is 7. The molecule has 7 nitrogen and oxygen atoms in total. The second kappa shape index (κ2) is 10.2. The summed E-state index contributed by atoms with van der Waals surface area (Å²) in [4.78, 5) is 15.6. The number of hydrogen-bond acceptors (Lipinski definition) is 5. The quantitative estimate of drug-likeness (QED) is 0.283. The van der Waals surface area contributed by atoms with E-state index in [1.165, 1.54) is 18.2 Å². The zero-order chi connectivity index (χ0) is 29.7. The molecule has 218 valence electrons. The summed E-state index contributed by atoms with van der Waals surface area (Å²) < 4.78 is 91.8. The van der Waals surface area contributed by atoms with Crippen LogP contribution in [0.15, 0.2) is 36.4 Å². The first-order chi connectivity index (χ1) is 18.3. The van der Waals surface area contributed by atoms with Crippen molar-refractivity contribution in [3.8, 4) is 5.75 Å². The van der Waals surface area contributed by atoms with Crippen LogP contribution in [0.1, 0.15) is 64.1 Å². The summed E-state index contributed by atoms with van der Waals surface area (Å²) >= 11 is 0. The van der Waals surface area contributed by atoms with E-state index in [1.807, 2.05) is 27.7 Å². The Morgan fingerprint density at radius 2 is 1.68 bits per heavy atom. The molecule has 0 radical (unpaired) electrons. The fraction of sp³-hybridized carbons (Fsp3) is 0.481.